The van der Waals surface area contributed by atoms with Crippen molar-refractivity contribution in [3.63, 3.8) is 0 Å². The van der Waals surface area contributed by atoms with Crippen LogP contribution in [0.2, 0.25) is 0 Å². The van der Waals surface area contributed by atoms with E-state index >= 15 is 0 Å². The van der Waals surface area contributed by atoms with Gasteiger partial charge in [-0.1, -0.05) is 0 Å². The van der Waals surface area contributed by atoms with E-state index in [2.05, 4.69) is 5.32 Å². The van der Waals surface area contributed by atoms with Crippen molar-refractivity contribution in [1.29, 1.82) is 0 Å². The molecule has 0 saturated carbocycles. The van der Waals surface area contributed by atoms with Crippen molar-refractivity contribution < 1.29 is 19.9 Å². The summed E-state index contributed by atoms with van der Waals surface area (Å²) < 4.78 is 10.4. The summed E-state index contributed by atoms with van der Waals surface area (Å²) in [4.78, 5) is 0. The van der Waals surface area contributed by atoms with Crippen molar-refractivity contribution >= 4 is 0 Å². The third-order valence-corrected chi connectivity index (χ3v) is 2.34. The lowest BCUT2D eigenvalue weighted by Crippen LogP contribution is -2.84. The van der Waals surface area contributed by atoms with Crippen LogP contribution >= 0.6 is 0 Å². The highest BCUT2D eigenvalue weighted by Gasteiger charge is 2.05. The molecule has 0 heterocycles. The minimum Gasteiger partial charge on any atom is -0.493 e. The van der Waals surface area contributed by atoms with Gasteiger partial charge < -0.3 is 19.9 Å². The maximum atomic E-state index is 9.14. The van der Waals surface area contributed by atoms with Crippen LogP contribution in [0, 0.1) is 0 Å². The van der Waals surface area contributed by atoms with E-state index in [1.807, 2.05) is 18.2 Å². The SMILES string of the molecule is COc1ccc(C[NH2+]C[C@@H](C)O)cc1OC. The van der Waals surface area contributed by atoms with Crippen LogP contribution in [-0.4, -0.2) is 32.0 Å². The second-order valence-corrected chi connectivity index (χ2v) is 3.77. The molecular weight excluding hydrogens is 206 g/mol. The first-order chi connectivity index (χ1) is 7.67. The molecule has 0 aliphatic heterocycles. The van der Waals surface area contributed by atoms with Crippen LogP contribution in [0.4, 0.5) is 0 Å². The van der Waals surface area contributed by atoms with Gasteiger partial charge in [-0.3, -0.25) is 0 Å². The molecule has 0 aliphatic rings. The van der Waals surface area contributed by atoms with Gasteiger partial charge in [-0.25, -0.2) is 0 Å². The molecule has 1 atom stereocenters. The van der Waals surface area contributed by atoms with Gasteiger partial charge in [0.25, 0.3) is 0 Å². The van der Waals surface area contributed by atoms with Crippen molar-refractivity contribution in [2.45, 2.75) is 19.6 Å². The summed E-state index contributed by atoms with van der Waals surface area (Å²) in [5.41, 5.74) is 1.15. The highest BCUT2D eigenvalue weighted by molar-refractivity contribution is 5.42. The van der Waals surface area contributed by atoms with Crippen molar-refractivity contribution in [2.75, 3.05) is 20.8 Å². The minimum absolute atomic E-state index is 0.278. The number of aliphatic hydroxyl groups excluding tert-OH is 1. The lowest BCUT2D eigenvalue weighted by molar-refractivity contribution is -0.676. The first-order valence-electron chi connectivity index (χ1n) is 5.38. The Kier molecular flexibility index (Phi) is 5.08. The Bertz CT molecular complexity index is 326. The average molecular weight is 226 g/mol. The molecule has 4 heteroatoms. The maximum Gasteiger partial charge on any atom is 0.161 e. The van der Waals surface area contributed by atoms with Gasteiger partial charge >= 0.3 is 0 Å². The topological polar surface area (TPSA) is 55.3 Å². The molecule has 0 unspecified atom stereocenters. The normalized spacial score (nSPS) is 12.2. The predicted octanol–water partition coefficient (Wildman–Crippen LogP) is 0.148. The number of nitrogens with two attached hydrogens (primary N) is 1. The van der Waals surface area contributed by atoms with E-state index in [-0.39, 0.29) is 6.10 Å². The first-order valence-corrected chi connectivity index (χ1v) is 5.38. The molecule has 0 amide bonds. The number of methoxy groups -OCH3 is 2. The number of rotatable bonds is 6. The number of hydrogen-bond acceptors (Lipinski definition) is 3. The molecule has 16 heavy (non-hydrogen) atoms. The Morgan fingerprint density at radius 3 is 2.50 bits per heavy atom. The fraction of sp³-hybridized carbons (Fsp3) is 0.500. The van der Waals surface area contributed by atoms with Gasteiger partial charge in [0.1, 0.15) is 13.1 Å². The third kappa shape index (κ3) is 3.72. The number of aliphatic hydroxyl groups is 1. The Hall–Kier alpha value is -1.26. The molecule has 1 rings (SSSR count). The first kappa shape index (κ1) is 12.8. The lowest BCUT2D eigenvalue weighted by Gasteiger charge is -2.09. The van der Waals surface area contributed by atoms with Crippen LogP contribution < -0.4 is 14.8 Å². The van der Waals surface area contributed by atoms with Crippen LogP contribution in [0.3, 0.4) is 0 Å². The van der Waals surface area contributed by atoms with Gasteiger partial charge in [-0.2, -0.15) is 0 Å². The van der Waals surface area contributed by atoms with E-state index in [4.69, 9.17) is 14.6 Å². The Labute approximate surface area is 96.2 Å². The van der Waals surface area contributed by atoms with E-state index in [9.17, 15) is 0 Å². The molecule has 1 aromatic rings. The summed E-state index contributed by atoms with van der Waals surface area (Å²) in [6, 6.07) is 5.85. The van der Waals surface area contributed by atoms with E-state index < -0.39 is 0 Å². The van der Waals surface area contributed by atoms with Crippen LogP contribution in [0.15, 0.2) is 18.2 Å². The van der Waals surface area contributed by atoms with Gasteiger partial charge in [0.15, 0.2) is 11.5 Å². The quantitative estimate of drug-likeness (QED) is 0.726. The summed E-state index contributed by atoms with van der Waals surface area (Å²) in [5.74, 6) is 1.48. The minimum atomic E-state index is -0.278. The van der Waals surface area contributed by atoms with Gasteiger partial charge in [-0.15, -0.1) is 0 Å². The van der Waals surface area contributed by atoms with Crippen molar-refractivity contribution in [3.8, 4) is 11.5 Å². The predicted molar refractivity (Wildman–Crippen MR) is 61.7 cm³/mol. The van der Waals surface area contributed by atoms with E-state index in [1.165, 1.54) is 0 Å². The average Bonchev–Trinajstić information content (AvgIpc) is 2.28. The number of benzene rings is 1. The highest BCUT2D eigenvalue weighted by Crippen LogP contribution is 2.27. The standard InChI is InChI=1S/C12H19NO3/c1-9(14)7-13-8-10-4-5-11(15-2)12(6-10)16-3/h4-6,9,13-14H,7-8H2,1-3H3/p+1/t9-/m1/s1. The number of quaternary nitrogens is 1. The van der Waals surface area contributed by atoms with Crippen LogP contribution in [0.1, 0.15) is 12.5 Å². The molecule has 90 valence electrons. The second-order valence-electron chi connectivity index (χ2n) is 3.77. The molecule has 0 bridgehead atoms. The Balaban J connectivity index is 2.60. The summed E-state index contributed by atoms with van der Waals surface area (Å²) in [6.07, 6.45) is -0.278. The van der Waals surface area contributed by atoms with E-state index in [0.717, 1.165) is 23.6 Å². The number of ether oxygens (including phenoxy) is 2. The maximum absolute atomic E-state index is 9.14. The van der Waals surface area contributed by atoms with E-state index in [1.54, 1.807) is 21.1 Å². The van der Waals surface area contributed by atoms with Crippen LogP contribution in [0.25, 0.3) is 0 Å². The highest BCUT2D eigenvalue weighted by atomic mass is 16.5. The number of hydrogen-bond donors (Lipinski definition) is 2. The largest absolute Gasteiger partial charge is 0.493 e. The molecule has 1 aromatic carbocycles. The van der Waals surface area contributed by atoms with E-state index in [0.29, 0.717) is 6.54 Å². The van der Waals surface area contributed by atoms with Crippen molar-refractivity contribution in [1.82, 2.24) is 0 Å². The summed E-state index contributed by atoms with van der Waals surface area (Å²) in [7, 11) is 3.25. The molecule has 4 nitrogen and oxygen atoms in total. The lowest BCUT2D eigenvalue weighted by atomic mass is 10.2. The zero-order chi connectivity index (χ0) is 12.0. The second kappa shape index (κ2) is 6.35. The Morgan fingerprint density at radius 1 is 1.25 bits per heavy atom. The van der Waals surface area contributed by atoms with Crippen molar-refractivity contribution in [2.24, 2.45) is 0 Å². The molecular formula is C12H20NO3+. The molecule has 0 saturated heterocycles. The van der Waals surface area contributed by atoms with Gasteiger partial charge in [-0.05, 0) is 25.1 Å². The monoisotopic (exact) mass is 226 g/mol. The molecule has 0 radical (unpaired) electrons. The smallest absolute Gasteiger partial charge is 0.161 e. The third-order valence-electron chi connectivity index (χ3n) is 2.34. The van der Waals surface area contributed by atoms with Crippen LogP contribution in [-0.2, 0) is 6.54 Å². The molecule has 0 aliphatic carbocycles. The summed E-state index contributed by atoms with van der Waals surface area (Å²) >= 11 is 0. The summed E-state index contributed by atoms with van der Waals surface area (Å²) in [6.45, 7) is 3.31. The Morgan fingerprint density at radius 2 is 1.94 bits per heavy atom. The zero-order valence-electron chi connectivity index (χ0n) is 10.1. The van der Waals surface area contributed by atoms with Gasteiger partial charge in [0, 0.05) is 5.56 Å². The molecule has 0 fully saturated rings. The zero-order valence-corrected chi connectivity index (χ0v) is 10.1. The molecule has 3 N–H and O–H groups in total. The fourth-order valence-corrected chi connectivity index (χ4v) is 1.50. The van der Waals surface area contributed by atoms with Crippen molar-refractivity contribution in [3.05, 3.63) is 23.8 Å². The fourth-order valence-electron chi connectivity index (χ4n) is 1.50. The van der Waals surface area contributed by atoms with Gasteiger partial charge in [0.2, 0.25) is 0 Å². The molecule has 0 aromatic heterocycles. The van der Waals surface area contributed by atoms with Gasteiger partial charge in [0.05, 0.1) is 20.3 Å². The van der Waals surface area contributed by atoms with Crippen LogP contribution in [0.5, 0.6) is 11.5 Å². The summed E-state index contributed by atoms with van der Waals surface area (Å²) in [5, 5.41) is 11.2. The molecule has 0 spiro atoms.